The van der Waals surface area contributed by atoms with Gasteiger partial charge in [-0.1, -0.05) is 42.5 Å². The van der Waals surface area contributed by atoms with Crippen molar-refractivity contribution in [2.24, 2.45) is 0 Å². The van der Waals surface area contributed by atoms with Gasteiger partial charge >= 0.3 is 0 Å². The molecule has 0 radical (unpaired) electrons. The summed E-state index contributed by atoms with van der Waals surface area (Å²) in [5, 5.41) is 11.5. The lowest BCUT2D eigenvalue weighted by Gasteiger charge is -2.15. The lowest BCUT2D eigenvalue weighted by Crippen LogP contribution is -2.24. The van der Waals surface area contributed by atoms with Gasteiger partial charge in [0.1, 0.15) is 0 Å². The minimum absolute atomic E-state index is 0.228. The van der Waals surface area contributed by atoms with Crippen molar-refractivity contribution in [3.8, 4) is 0 Å². The van der Waals surface area contributed by atoms with Crippen LogP contribution in [0, 0.1) is 0 Å². The van der Waals surface area contributed by atoms with Crippen LogP contribution < -0.4 is 0 Å². The molecule has 0 atom stereocenters. The van der Waals surface area contributed by atoms with Crippen LogP contribution >= 0.6 is 0 Å². The molecule has 90 valence electrons. The first kappa shape index (κ1) is 12.1. The molecule has 0 aliphatic carbocycles. The fourth-order valence-corrected chi connectivity index (χ4v) is 2.10. The lowest BCUT2D eigenvalue weighted by atomic mass is 10.0. The summed E-state index contributed by atoms with van der Waals surface area (Å²) in [5.74, 6) is 0. The molecule has 2 rings (SSSR count). The normalized spacial score (nSPS) is 11.2. The van der Waals surface area contributed by atoms with Crippen LogP contribution in [0.1, 0.15) is 5.56 Å². The van der Waals surface area contributed by atoms with Crippen LogP contribution in [0.15, 0.2) is 42.5 Å². The molecule has 2 heteroatoms. The number of aliphatic hydroxyl groups excluding tert-OH is 1. The molecule has 0 saturated carbocycles. The van der Waals surface area contributed by atoms with Crippen molar-refractivity contribution in [2.45, 2.75) is 6.42 Å². The molecule has 0 spiro atoms. The molecule has 0 aliphatic rings. The van der Waals surface area contributed by atoms with E-state index < -0.39 is 0 Å². The Balaban J connectivity index is 2.13. The minimum Gasteiger partial charge on any atom is -0.395 e. The van der Waals surface area contributed by atoms with Crippen LogP contribution in [0.3, 0.4) is 0 Å². The van der Waals surface area contributed by atoms with E-state index in [-0.39, 0.29) is 6.61 Å². The van der Waals surface area contributed by atoms with Crippen molar-refractivity contribution in [1.29, 1.82) is 0 Å². The van der Waals surface area contributed by atoms with Gasteiger partial charge in [-0.25, -0.2) is 0 Å². The highest BCUT2D eigenvalue weighted by Gasteiger charge is 2.02. The van der Waals surface area contributed by atoms with Gasteiger partial charge in [-0.2, -0.15) is 0 Å². The average molecular weight is 229 g/mol. The number of nitrogens with zero attached hydrogens (tertiary/aromatic N) is 1. The summed E-state index contributed by atoms with van der Waals surface area (Å²) in [4.78, 5) is 2.15. The topological polar surface area (TPSA) is 23.5 Å². The molecule has 0 amide bonds. The quantitative estimate of drug-likeness (QED) is 0.850. The van der Waals surface area contributed by atoms with Crippen LogP contribution in [-0.2, 0) is 6.42 Å². The van der Waals surface area contributed by atoms with Gasteiger partial charge in [0.05, 0.1) is 6.61 Å². The van der Waals surface area contributed by atoms with Gasteiger partial charge in [0.15, 0.2) is 0 Å². The number of hydrogen-bond acceptors (Lipinski definition) is 2. The molecule has 0 aromatic heterocycles. The van der Waals surface area contributed by atoms with E-state index >= 15 is 0 Å². The summed E-state index contributed by atoms with van der Waals surface area (Å²) in [7, 11) is 2.04. The zero-order valence-electron chi connectivity index (χ0n) is 10.3. The van der Waals surface area contributed by atoms with Gasteiger partial charge in [-0.3, -0.25) is 0 Å². The van der Waals surface area contributed by atoms with Crippen LogP contribution in [0.25, 0.3) is 10.8 Å². The van der Waals surface area contributed by atoms with Crippen molar-refractivity contribution < 1.29 is 5.11 Å². The van der Waals surface area contributed by atoms with Crippen molar-refractivity contribution >= 4 is 10.8 Å². The third kappa shape index (κ3) is 3.05. The highest BCUT2D eigenvalue weighted by atomic mass is 16.3. The van der Waals surface area contributed by atoms with Crippen molar-refractivity contribution in [2.75, 3.05) is 26.7 Å². The molecular weight excluding hydrogens is 210 g/mol. The van der Waals surface area contributed by atoms with Crippen LogP contribution in [0.5, 0.6) is 0 Å². The number of aliphatic hydroxyl groups is 1. The Kier molecular flexibility index (Phi) is 4.13. The van der Waals surface area contributed by atoms with Crippen LogP contribution in [0.2, 0.25) is 0 Å². The minimum atomic E-state index is 0.228. The summed E-state index contributed by atoms with van der Waals surface area (Å²) in [6, 6.07) is 14.9. The Hall–Kier alpha value is -1.38. The van der Waals surface area contributed by atoms with Crippen molar-refractivity contribution in [3.05, 3.63) is 48.0 Å². The highest BCUT2D eigenvalue weighted by molar-refractivity contribution is 5.85. The maximum absolute atomic E-state index is 8.86. The summed E-state index contributed by atoms with van der Waals surface area (Å²) in [6.45, 7) is 1.95. The largest absolute Gasteiger partial charge is 0.395 e. The summed E-state index contributed by atoms with van der Waals surface area (Å²) < 4.78 is 0. The van der Waals surface area contributed by atoms with Crippen LogP contribution in [0.4, 0.5) is 0 Å². The Bertz CT molecular complexity index is 476. The molecule has 2 aromatic rings. The van der Waals surface area contributed by atoms with E-state index in [2.05, 4.69) is 47.4 Å². The fraction of sp³-hybridized carbons (Fsp3) is 0.333. The molecular formula is C15H19NO. The molecule has 0 unspecified atom stereocenters. The van der Waals surface area contributed by atoms with Gasteiger partial charge in [0, 0.05) is 13.1 Å². The predicted molar refractivity (Wildman–Crippen MR) is 72.2 cm³/mol. The summed E-state index contributed by atoms with van der Waals surface area (Å²) in [5.41, 5.74) is 1.38. The van der Waals surface area contributed by atoms with Crippen molar-refractivity contribution in [1.82, 2.24) is 4.90 Å². The first-order valence-electron chi connectivity index (χ1n) is 6.07. The van der Waals surface area contributed by atoms with Gasteiger partial charge in [-0.15, -0.1) is 0 Å². The second-order valence-corrected chi connectivity index (χ2v) is 4.42. The molecule has 0 saturated heterocycles. The Morgan fingerprint density at radius 3 is 2.59 bits per heavy atom. The van der Waals surface area contributed by atoms with Gasteiger partial charge in [-0.05, 0) is 29.8 Å². The molecule has 0 bridgehead atoms. The maximum Gasteiger partial charge on any atom is 0.0558 e. The van der Waals surface area contributed by atoms with Crippen molar-refractivity contribution in [3.63, 3.8) is 0 Å². The number of fused-ring (bicyclic) bond motifs is 1. The van der Waals surface area contributed by atoms with Gasteiger partial charge in [0.25, 0.3) is 0 Å². The van der Waals surface area contributed by atoms with E-state index in [0.717, 1.165) is 19.5 Å². The Labute approximate surface area is 102 Å². The summed E-state index contributed by atoms with van der Waals surface area (Å²) in [6.07, 6.45) is 1.03. The van der Waals surface area contributed by atoms with E-state index in [1.54, 1.807) is 0 Å². The van der Waals surface area contributed by atoms with Gasteiger partial charge in [0.2, 0.25) is 0 Å². The lowest BCUT2D eigenvalue weighted by molar-refractivity contribution is 0.223. The van der Waals surface area contributed by atoms with E-state index in [1.165, 1.54) is 16.3 Å². The molecule has 0 fully saturated rings. The highest BCUT2D eigenvalue weighted by Crippen LogP contribution is 2.18. The van der Waals surface area contributed by atoms with Crippen LogP contribution in [-0.4, -0.2) is 36.8 Å². The zero-order chi connectivity index (χ0) is 12.1. The smallest absolute Gasteiger partial charge is 0.0558 e. The molecule has 2 aromatic carbocycles. The number of rotatable bonds is 5. The first-order chi connectivity index (χ1) is 8.31. The predicted octanol–water partition coefficient (Wildman–Crippen LogP) is 2.31. The molecule has 0 heterocycles. The number of hydrogen-bond donors (Lipinski definition) is 1. The Morgan fingerprint density at radius 1 is 1.00 bits per heavy atom. The molecule has 1 N–H and O–H groups in total. The second-order valence-electron chi connectivity index (χ2n) is 4.42. The second kappa shape index (κ2) is 5.80. The monoisotopic (exact) mass is 229 g/mol. The molecule has 0 aliphatic heterocycles. The van der Waals surface area contributed by atoms with E-state index in [0.29, 0.717) is 0 Å². The molecule has 17 heavy (non-hydrogen) atoms. The standard InChI is InChI=1S/C15H19NO/c1-16(11-12-17)10-9-14-7-4-6-13-5-2-3-8-15(13)14/h2-8,17H,9-12H2,1H3. The number of benzene rings is 2. The number of likely N-dealkylation sites (N-methyl/N-ethyl adjacent to an activating group) is 1. The third-order valence-electron chi connectivity index (χ3n) is 3.12. The first-order valence-corrected chi connectivity index (χ1v) is 6.07. The molecule has 2 nitrogen and oxygen atoms in total. The maximum atomic E-state index is 8.86. The van der Waals surface area contributed by atoms with E-state index in [9.17, 15) is 0 Å². The fourth-order valence-electron chi connectivity index (χ4n) is 2.10. The summed E-state index contributed by atoms with van der Waals surface area (Å²) >= 11 is 0. The van der Waals surface area contributed by atoms with E-state index in [1.807, 2.05) is 7.05 Å². The SMILES string of the molecule is CN(CCO)CCc1cccc2ccccc12. The van der Waals surface area contributed by atoms with Gasteiger partial charge < -0.3 is 10.0 Å². The Morgan fingerprint density at radius 2 is 1.76 bits per heavy atom. The average Bonchev–Trinajstić information content (AvgIpc) is 2.36. The zero-order valence-corrected chi connectivity index (χ0v) is 10.3. The third-order valence-corrected chi connectivity index (χ3v) is 3.12. The van der Waals surface area contributed by atoms with E-state index in [4.69, 9.17) is 5.11 Å².